The fourth-order valence-electron chi connectivity index (χ4n) is 1.40. The summed E-state index contributed by atoms with van der Waals surface area (Å²) < 4.78 is 0. The number of rotatable bonds is 1. The Morgan fingerprint density at radius 3 is 2.67 bits per heavy atom. The molecule has 0 fully saturated rings. The van der Waals surface area contributed by atoms with Crippen LogP contribution in [0, 0.1) is 0 Å². The lowest BCUT2D eigenvalue weighted by atomic mass is 10.1. The van der Waals surface area contributed by atoms with Gasteiger partial charge in [-0.15, -0.1) is 5.73 Å². The molecule has 1 N–H and O–H groups in total. The molecule has 74 valence electrons. The molecule has 2 rings (SSSR count). The Labute approximate surface area is 87.3 Å². The van der Waals surface area contributed by atoms with E-state index in [1.165, 1.54) is 6.20 Å². The third-order valence-electron chi connectivity index (χ3n) is 2.08. The average Bonchev–Trinajstić information content (AvgIpc) is 2.30. The highest BCUT2D eigenvalue weighted by Gasteiger charge is 2.16. The Bertz CT molecular complexity index is 468. The lowest BCUT2D eigenvalue weighted by Gasteiger charge is -2.18. The summed E-state index contributed by atoms with van der Waals surface area (Å²) in [7, 11) is 0. The average molecular weight is 199 g/mol. The van der Waals surface area contributed by atoms with Gasteiger partial charge in [-0.1, -0.05) is 30.3 Å². The molecule has 1 aliphatic rings. The molecule has 0 spiro atoms. The first-order valence-corrected chi connectivity index (χ1v) is 4.49. The van der Waals surface area contributed by atoms with Crippen molar-refractivity contribution in [1.82, 2.24) is 4.90 Å². The quantitative estimate of drug-likeness (QED) is 0.706. The molecule has 1 amide bonds. The van der Waals surface area contributed by atoms with Gasteiger partial charge in [-0.3, -0.25) is 0 Å². The summed E-state index contributed by atoms with van der Waals surface area (Å²) in [5.74, 6) is 0. The lowest BCUT2D eigenvalue weighted by molar-refractivity contribution is 0.177. The van der Waals surface area contributed by atoms with Crippen molar-refractivity contribution in [2.75, 3.05) is 0 Å². The minimum Gasteiger partial charge on any atom is -0.464 e. The van der Waals surface area contributed by atoms with Crippen molar-refractivity contribution in [3.8, 4) is 0 Å². The molecule has 0 aliphatic carbocycles. The first kappa shape index (κ1) is 9.31. The summed E-state index contributed by atoms with van der Waals surface area (Å²) in [6.07, 6.45) is 3.82. The minimum atomic E-state index is -1.01. The molecule has 1 heterocycles. The number of allylic oxidation sites excluding steroid dienone is 2. The molecule has 0 unspecified atom stereocenters. The Balaban J connectivity index is 2.42. The maximum absolute atomic E-state index is 10.9. The van der Waals surface area contributed by atoms with Crippen LogP contribution < -0.4 is 0 Å². The van der Waals surface area contributed by atoms with Gasteiger partial charge in [-0.25, -0.2) is 9.69 Å². The zero-order valence-electron chi connectivity index (χ0n) is 7.92. The van der Waals surface area contributed by atoms with Crippen LogP contribution in [-0.4, -0.2) is 16.1 Å². The number of amides is 1. The second kappa shape index (κ2) is 3.86. The molecule has 0 aromatic heterocycles. The molecule has 0 atom stereocenters. The van der Waals surface area contributed by atoms with Crippen LogP contribution in [0.2, 0.25) is 0 Å². The summed E-state index contributed by atoms with van der Waals surface area (Å²) in [6, 6.07) is 9.38. The molecule has 0 saturated heterocycles. The van der Waals surface area contributed by atoms with E-state index in [-0.39, 0.29) is 0 Å². The third kappa shape index (κ3) is 1.82. The van der Waals surface area contributed by atoms with Crippen LogP contribution in [0.3, 0.4) is 0 Å². The largest absolute Gasteiger partial charge is 0.464 e. The van der Waals surface area contributed by atoms with E-state index in [2.05, 4.69) is 5.73 Å². The summed E-state index contributed by atoms with van der Waals surface area (Å²) in [5.41, 5.74) is 4.24. The Hall–Kier alpha value is -2.25. The summed E-state index contributed by atoms with van der Waals surface area (Å²) in [6.45, 7) is 0. The zero-order valence-corrected chi connectivity index (χ0v) is 7.92. The molecule has 1 aromatic carbocycles. The number of carbonyl (C=O) groups is 1. The second-order valence-corrected chi connectivity index (χ2v) is 3.03. The fraction of sp³-hybridized carbons (Fsp3) is 0. The van der Waals surface area contributed by atoms with Gasteiger partial charge in [-0.05, 0) is 17.7 Å². The van der Waals surface area contributed by atoms with E-state index in [4.69, 9.17) is 5.11 Å². The highest BCUT2D eigenvalue weighted by Crippen LogP contribution is 2.21. The van der Waals surface area contributed by atoms with E-state index in [1.807, 2.05) is 30.3 Å². The summed E-state index contributed by atoms with van der Waals surface area (Å²) in [5, 5.41) is 8.97. The van der Waals surface area contributed by atoms with Crippen molar-refractivity contribution in [2.45, 2.75) is 0 Å². The predicted molar refractivity (Wildman–Crippen MR) is 56.9 cm³/mol. The maximum atomic E-state index is 10.9. The second-order valence-electron chi connectivity index (χ2n) is 3.03. The topological polar surface area (TPSA) is 40.5 Å². The molecule has 0 radical (unpaired) electrons. The highest BCUT2D eigenvalue weighted by atomic mass is 16.4. The first-order chi connectivity index (χ1) is 7.29. The summed E-state index contributed by atoms with van der Waals surface area (Å²) >= 11 is 0. The van der Waals surface area contributed by atoms with E-state index in [9.17, 15) is 4.79 Å². The van der Waals surface area contributed by atoms with Crippen LogP contribution in [0.1, 0.15) is 5.56 Å². The molecule has 0 bridgehead atoms. The SMILES string of the molecule is O=C(O)N1C=C=CC=C1c1ccccc1. The third-order valence-corrected chi connectivity index (χ3v) is 2.08. The van der Waals surface area contributed by atoms with Gasteiger partial charge in [0.15, 0.2) is 0 Å². The molecule has 1 aromatic rings. The van der Waals surface area contributed by atoms with Gasteiger partial charge in [0, 0.05) is 0 Å². The molecule has 1 aliphatic heterocycles. The van der Waals surface area contributed by atoms with Gasteiger partial charge in [0.25, 0.3) is 0 Å². The van der Waals surface area contributed by atoms with Gasteiger partial charge in [0.1, 0.15) is 0 Å². The molecule has 3 heteroatoms. The van der Waals surface area contributed by atoms with Crippen molar-refractivity contribution >= 4 is 11.8 Å². The molecule has 0 saturated carbocycles. The Morgan fingerprint density at radius 2 is 2.00 bits per heavy atom. The first-order valence-electron chi connectivity index (χ1n) is 4.49. The molecule has 15 heavy (non-hydrogen) atoms. The minimum absolute atomic E-state index is 0.641. The van der Waals surface area contributed by atoms with Crippen LogP contribution in [0.5, 0.6) is 0 Å². The lowest BCUT2D eigenvalue weighted by Crippen LogP contribution is -2.22. The van der Waals surface area contributed by atoms with Crippen molar-refractivity contribution in [3.63, 3.8) is 0 Å². The van der Waals surface area contributed by atoms with E-state index >= 15 is 0 Å². The monoisotopic (exact) mass is 199 g/mol. The maximum Gasteiger partial charge on any atom is 0.416 e. The number of hydrogen-bond acceptors (Lipinski definition) is 1. The van der Waals surface area contributed by atoms with Crippen molar-refractivity contribution in [1.29, 1.82) is 0 Å². The fourth-order valence-corrected chi connectivity index (χ4v) is 1.40. The van der Waals surface area contributed by atoms with Gasteiger partial charge in [0.2, 0.25) is 0 Å². The van der Waals surface area contributed by atoms with Crippen LogP contribution in [0.25, 0.3) is 5.70 Å². The van der Waals surface area contributed by atoms with Crippen LogP contribution in [0.15, 0.2) is 54.4 Å². The zero-order chi connectivity index (χ0) is 10.7. The van der Waals surface area contributed by atoms with Crippen LogP contribution >= 0.6 is 0 Å². The van der Waals surface area contributed by atoms with Gasteiger partial charge in [-0.2, -0.15) is 0 Å². The number of hydrogen-bond donors (Lipinski definition) is 1. The number of nitrogens with zero attached hydrogens (tertiary/aromatic N) is 1. The molecular weight excluding hydrogens is 190 g/mol. The number of benzene rings is 1. The highest BCUT2D eigenvalue weighted by molar-refractivity contribution is 5.83. The van der Waals surface area contributed by atoms with E-state index < -0.39 is 6.09 Å². The van der Waals surface area contributed by atoms with Crippen molar-refractivity contribution in [2.24, 2.45) is 0 Å². The van der Waals surface area contributed by atoms with Crippen molar-refractivity contribution in [3.05, 3.63) is 60.0 Å². The Morgan fingerprint density at radius 1 is 1.27 bits per heavy atom. The van der Waals surface area contributed by atoms with Gasteiger partial charge in [0.05, 0.1) is 11.9 Å². The van der Waals surface area contributed by atoms with E-state index in [1.54, 1.807) is 12.2 Å². The standard InChI is InChI=1S/C12H9NO2/c14-12(15)13-9-5-4-8-11(13)10-6-2-1-3-7-10/h1-4,6-9H,(H,14,15). The molecular formula is C12H9NO2. The van der Waals surface area contributed by atoms with Gasteiger partial charge >= 0.3 is 6.09 Å². The van der Waals surface area contributed by atoms with Crippen LogP contribution in [0.4, 0.5) is 4.79 Å². The molecule has 3 nitrogen and oxygen atoms in total. The van der Waals surface area contributed by atoms with Crippen LogP contribution in [-0.2, 0) is 0 Å². The van der Waals surface area contributed by atoms with E-state index in [0.29, 0.717) is 5.70 Å². The Kier molecular flexibility index (Phi) is 2.40. The van der Waals surface area contributed by atoms with E-state index in [0.717, 1.165) is 10.5 Å². The normalized spacial score (nSPS) is 13.9. The smallest absolute Gasteiger partial charge is 0.416 e. The van der Waals surface area contributed by atoms with Gasteiger partial charge < -0.3 is 5.11 Å². The summed E-state index contributed by atoms with van der Waals surface area (Å²) in [4.78, 5) is 12.1. The number of carboxylic acid groups (broad SMARTS) is 1. The predicted octanol–water partition coefficient (Wildman–Crippen LogP) is 2.69. The van der Waals surface area contributed by atoms with Crippen molar-refractivity contribution < 1.29 is 9.90 Å².